The van der Waals surface area contributed by atoms with Crippen LogP contribution in [0.1, 0.15) is 26.2 Å². The molecule has 0 unspecified atom stereocenters. The average Bonchev–Trinajstić information content (AvgIpc) is 2.54. The highest BCUT2D eigenvalue weighted by Gasteiger charge is 2.27. The maximum absolute atomic E-state index is 12.1. The Morgan fingerprint density at radius 1 is 1.32 bits per heavy atom. The van der Waals surface area contributed by atoms with E-state index >= 15 is 0 Å². The van der Waals surface area contributed by atoms with E-state index in [1.165, 1.54) is 17.7 Å². The number of hydrogen-bond donors (Lipinski definition) is 1. The molecule has 22 heavy (non-hydrogen) atoms. The Morgan fingerprint density at radius 2 is 2.05 bits per heavy atom. The summed E-state index contributed by atoms with van der Waals surface area (Å²) in [6.07, 6.45) is 2.61. The van der Waals surface area contributed by atoms with Gasteiger partial charge in [-0.05, 0) is 19.3 Å². The standard InChI is InChI=1S/C15H24N4O3/c1-4-7-16-14(21)11-6-5-8-19(10-11)12-9-13(20)18(3)15(22)17(12)2/h9,11H,4-8,10H2,1-3H3,(H,16,21)/t11-/m0/s1. The number of piperidine rings is 1. The van der Waals surface area contributed by atoms with Gasteiger partial charge < -0.3 is 10.2 Å². The van der Waals surface area contributed by atoms with Gasteiger partial charge in [0.15, 0.2) is 0 Å². The maximum atomic E-state index is 12.1. The molecule has 7 heteroatoms. The lowest BCUT2D eigenvalue weighted by molar-refractivity contribution is -0.125. The van der Waals surface area contributed by atoms with E-state index in [2.05, 4.69) is 5.32 Å². The smallest absolute Gasteiger partial charge is 0.332 e. The van der Waals surface area contributed by atoms with E-state index in [4.69, 9.17) is 0 Å². The van der Waals surface area contributed by atoms with Crippen molar-refractivity contribution < 1.29 is 4.79 Å². The summed E-state index contributed by atoms with van der Waals surface area (Å²) in [4.78, 5) is 38.0. The number of carbonyl (C=O) groups excluding carboxylic acids is 1. The van der Waals surface area contributed by atoms with E-state index in [1.54, 1.807) is 7.05 Å². The second-order valence-electron chi connectivity index (χ2n) is 5.82. The van der Waals surface area contributed by atoms with Gasteiger partial charge in [-0.15, -0.1) is 0 Å². The van der Waals surface area contributed by atoms with E-state index in [-0.39, 0.29) is 23.1 Å². The SMILES string of the molecule is CCCNC(=O)[C@H]1CCCN(c2cc(=O)n(C)c(=O)n2C)C1. The predicted octanol–water partition coefficient (Wildman–Crippen LogP) is -0.173. The third kappa shape index (κ3) is 3.23. The van der Waals surface area contributed by atoms with Crippen LogP contribution in [0.2, 0.25) is 0 Å². The van der Waals surface area contributed by atoms with Crippen LogP contribution < -0.4 is 21.5 Å². The van der Waals surface area contributed by atoms with E-state index < -0.39 is 0 Å². The molecule has 1 amide bonds. The zero-order valence-corrected chi connectivity index (χ0v) is 13.5. The van der Waals surface area contributed by atoms with Crippen molar-refractivity contribution in [3.63, 3.8) is 0 Å². The van der Waals surface area contributed by atoms with Crippen molar-refractivity contribution in [2.24, 2.45) is 20.0 Å². The monoisotopic (exact) mass is 308 g/mol. The van der Waals surface area contributed by atoms with Crippen molar-refractivity contribution in [1.29, 1.82) is 0 Å². The molecule has 0 saturated carbocycles. The fourth-order valence-corrected chi connectivity index (χ4v) is 2.82. The molecule has 1 saturated heterocycles. The fraction of sp³-hybridized carbons (Fsp3) is 0.667. The van der Waals surface area contributed by atoms with Gasteiger partial charge in [0, 0.05) is 39.8 Å². The maximum Gasteiger partial charge on any atom is 0.332 e. The van der Waals surface area contributed by atoms with Gasteiger partial charge in [0.2, 0.25) is 5.91 Å². The quantitative estimate of drug-likeness (QED) is 0.837. The normalized spacial score (nSPS) is 18.3. The number of amides is 1. The van der Waals surface area contributed by atoms with Gasteiger partial charge in [0.05, 0.1) is 5.92 Å². The van der Waals surface area contributed by atoms with Gasteiger partial charge >= 0.3 is 5.69 Å². The Hall–Kier alpha value is -2.05. The lowest BCUT2D eigenvalue weighted by atomic mass is 9.97. The molecule has 0 bridgehead atoms. The van der Waals surface area contributed by atoms with Gasteiger partial charge in [0.25, 0.3) is 5.56 Å². The van der Waals surface area contributed by atoms with Crippen LogP contribution in [0.5, 0.6) is 0 Å². The summed E-state index contributed by atoms with van der Waals surface area (Å²) >= 11 is 0. The summed E-state index contributed by atoms with van der Waals surface area (Å²) in [5, 5.41) is 2.92. The second-order valence-corrected chi connectivity index (χ2v) is 5.82. The van der Waals surface area contributed by atoms with Crippen LogP contribution >= 0.6 is 0 Å². The number of rotatable bonds is 4. The largest absolute Gasteiger partial charge is 0.357 e. The second kappa shape index (κ2) is 6.81. The lowest BCUT2D eigenvalue weighted by Gasteiger charge is -2.34. The van der Waals surface area contributed by atoms with Gasteiger partial charge in [-0.25, -0.2) is 4.79 Å². The predicted molar refractivity (Wildman–Crippen MR) is 85.2 cm³/mol. The van der Waals surface area contributed by atoms with Crippen molar-refractivity contribution in [3.05, 3.63) is 26.9 Å². The molecule has 2 rings (SSSR count). The third-order valence-electron chi connectivity index (χ3n) is 4.17. The highest BCUT2D eigenvalue weighted by Crippen LogP contribution is 2.21. The minimum Gasteiger partial charge on any atom is -0.357 e. The van der Waals surface area contributed by atoms with Crippen LogP contribution in [0.3, 0.4) is 0 Å². The van der Waals surface area contributed by atoms with E-state index in [0.29, 0.717) is 18.9 Å². The Labute approximate surface area is 129 Å². The molecule has 1 aliphatic heterocycles. The molecule has 1 atom stereocenters. The molecule has 1 aliphatic rings. The summed E-state index contributed by atoms with van der Waals surface area (Å²) in [6.45, 7) is 3.98. The molecule has 0 aliphatic carbocycles. The molecule has 0 radical (unpaired) electrons. The highest BCUT2D eigenvalue weighted by molar-refractivity contribution is 5.79. The number of aromatic nitrogens is 2. The minimum atomic E-state index is -0.347. The number of hydrogen-bond acceptors (Lipinski definition) is 4. The number of nitrogens with zero attached hydrogens (tertiary/aromatic N) is 3. The topological polar surface area (TPSA) is 76.3 Å². The zero-order chi connectivity index (χ0) is 16.3. The highest BCUT2D eigenvalue weighted by atomic mass is 16.2. The van der Waals surface area contributed by atoms with E-state index in [9.17, 15) is 14.4 Å². The van der Waals surface area contributed by atoms with Crippen molar-refractivity contribution in [1.82, 2.24) is 14.5 Å². The van der Waals surface area contributed by atoms with Crippen molar-refractivity contribution in [3.8, 4) is 0 Å². The summed E-state index contributed by atoms with van der Waals surface area (Å²) in [7, 11) is 3.11. The molecular formula is C15H24N4O3. The first-order valence-corrected chi connectivity index (χ1v) is 7.75. The fourth-order valence-electron chi connectivity index (χ4n) is 2.82. The molecule has 1 aromatic heterocycles. The van der Waals surface area contributed by atoms with Crippen LogP contribution in [0.15, 0.2) is 15.7 Å². The molecular weight excluding hydrogens is 284 g/mol. The van der Waals surface area contributed by atoms with Gasteiger partial charge in [0.1, 0.15) is 5.82 Å². The Morgan fingerprint density at radius 3 is 2.73 bits per heavy atom. The van der Waals surface area contributed by atoms with Gasteiger partial charge in [-0.1, -0.05) is 6.92 Å². The first-order valence-electron chi connectivity index (χ1n) is 7.75. The number of nitrogens with one attached hydrogen (secondary N) is 1. The number of anilines is 1. The van der Waals surface area contributed by atoms with Crippen LogP contribution in [0, 0.1) is 5.92 Å². The summed E-state index contributed by atoms with van der Waals surface area (Å²) in [5.41, 5.74) is -0.671. The molecule has 7 nitrogen and oxygen atoms in total. The average molecular weight is 308 g/mol. The molecule has 1 N–H and O–H groups in total. The number of carbonyl (C=O) groups is 1. The van der Waals surface area contributed by atoms with Crippen LogP contribution in [0.25, 0.3) is 0 Å². The van der Waals surface area contributed by atoms with Crippen LogP contribution in [-0.2, 0) is 18.9 Å². The molecule has 0 spiro atoms. The van der Waals surface area contributed by atoms with Crippen molar-refractivity contribution in [2.75, 3.05) is 24.5 Å². The molecule has 0 aromatic carbocycles. The minimum absolute atomic E-state index is 0.0559. The first kappa shape index (κ1) is 16.3. The first-order chi connectivity index (χ1) is 10.5. The summed E-state index contributed by atoms with van der Waals surface area (Å²) in [5.74, 6) is 0.543. The molecule has 2 heterocycles. The Kier molecular flexibility index (Phi) is 5.05. The Balaban J connectivity index is 2.21. The van der Waals surface area contributed by atoms with Crippen LogP contribution in [-0.4, -0.2) is 34.7 Å². The Bertz CT molecular complexity index is 662. The summed E-state index contributed by atoms with van der Waals surface area (Å²) < 4.78 is 2.55. The van der Waals surface area contributed by atoms with Gasteiger partial charge in [-0.2, -0.15) is 0 Å². The third-order valence-corrected chi connectivity index (χ3v) is 4.17. The lowest BCUT2D eigenvalue weighted by Crippen LogP contribution is -2.46. The molecule has 1 aromatic rings. The van der Waals surface area contributed by atoms with Crippen LogP contribution in [0.4, 0.5) is 5.82 Å². The zero-order valence-electron chi connectivity index (χ0n) is 13.5. The molecule has 122 valence electrons. The van der Waals surface area contributed by atoms with Crippen molar-refractivity contribution in [2.45, 2.75) is 26.2 Å². The van der Waals surface area contributed by atoms with E-state index in [1.807, 2.05) is 11.8 Å². The molecule has 1 fully saturated rings. The van der Waals surface area contributed by atoms with Crippen molar-refractivity contribution >= 4 is 11.7 Å². The van der Waals surface area contributed by atoms with Gasteiger partial charge in [-0.3, -0.25) is 18.7 Å². The summed E-state index contributed by atoms with van der Waals surface area (Å²) in [6, 6.07) is 1.47. The van der Waals surface area contributed by atoms with E-state index in [0.717, 1.165) is 30.4 Å².